The third-order valence-electron chi connectivity index (χ3n) is 5.99. The van der Waals surface area contributed by atoms with Gasteiger partial charge in [-0.1, -0.05) is 0 Å². The number of nitriles is 2. The van der Waals surface area contributed by atoms with E-state index in [1.165, 1.54) is 32.3 Å². The predicted molar refractivity (Wildman–Crippen MR) is 123 cm³/mol. The lowest BCUT2D eigenvalue weighted by molar-refractivity contribution is -0.593. The van der Waals surface area contributed by atoms with Gasteiger partial charge >= 0.3 is 0 Å². The number of aromatic nitrogens is 2. The minimum atomic E-state index is 0.655. The zero-order valence-electron chi connectivity index (χ0n) is 17.0. The fourth-order valence-electron chi connectivity index (χ4n) is 4.42. The second-order valence-corrected chi connectivity index (χ2v) is 7.89. The van der Waals surface area contributed by atoms with E-state index < -0.39 is 0 Å². The second kappa shape index (κ2) is 6.87. The third-order valence-corrected chi connectivity index (χ3v) is 5.99. The molecule has 4 heteroatoms. The zero-order valence-corrected chi connectivity index (χ0v) is 17.0. The molecule has 4 nitrogen and oxygen atoms in total. The average Bonchev–Trinajstić information content (AvgIpc) is 2.87. The topological polar surface area (TPSA) is 55.3 Å². The number of nitrogens with zero attached hydrogens (tertiary/aromatic N) is 4. The molecule has 6 aromatic rings. The normalized spacial score (nSPS) is 11.1. The fourth-order valence-corrected chi connectivity index (χ4v) is 4.42. The first-order chi connectivity index (χ1) is 15.7. The van der Waals surface area contributed by atoms with E-state index in [4.69, 9.17) is 10.5 Å². The number of hydrogen-bond acceptors (Lipinski definition) is 2. The summed E-state index contributed by atoms with van der Waals surface area (Å²) in [5.74, 6) is 0. The molecule has 6 rings (SSSR count). The van der Waals surface area contributed by atoms with Crippen molar-refractivity contribution in [2.24, 2.45) is 0 Å². The molecule has 0 saturated carbocycles. The van der Waals surface area contributed by atoms with Crippen LogP contribution in [0.2, 0.25) is 0 Å². The predicted octanol–water partition coefficient (Wildman–Crippen LogP) is 4.88. The Hall–Kier alpha value is -4.80. The first kappa shape index (κ1) is 18.0. The fraction of sp³-hybridized carbons (Fsp3) is 0. The quantitative estimate of drug-likeness (QED) is 0.303. The highest BCUT2D eigenvalue weighted by Crippen LogP contribution is 2.32. The van der Waals surface area contributed by atoms with Crippen molar-refractivity contribution in [3.63, 3.8) is 0 Å². The Bertz CT molecular complexity index is 1520. The van der Waals surface area contributed by atoms with Gasteiger partial charge in [-0.2, -0.15) is 19.7 Å². The van der Waals surface area contributed by atoms with E-state index >= 15 is 0 Å². The van der Waals surface area contributed by atoms with E-state index in [0.29, 0.717) is 11.1 Å². The Balaban J connectivity index is 1.55. The third kappa shape index (κ3) is 2.75. The van der Waals surface area contributed by atoms with E-state index in [9.17, 15) is 0 Å². The molecule has 0 unspecified atom stereocenters. The van der Waals surface area contributed by atoms with Crippen molar-refractivity contribution < 1.29 is 9.13 Å². The van der Waals surface area contributed by atoms with Crippen molar-refractivity contribution in [1.29, 1.82) is 10.5 Å². The molecule has 0 saturated heterocycles. The van der Waals surface area contributed by atoms with Crippen molar-refractivity contribution in [1.82, 2.24) is 0 Å². The monoisotopic (exact) mass is 408 g/mol. The van der Waals surface area contributed by atoms with Gasteiger partial charge in [0.1, 0.15) is 0 Å². The van der Waals surface area contributed by atoms with E-state index in [1.54, 1.807) is 0 Å². The molecular formula is C28H16N4+2. The van der Waals surface area contributed by atoms with Crippen LogP contribution in [0, 0.1) is 22.7 Å². The summed E-state index contributed by atoms with van der Waals surface area (Å²) in [6, 6.07) is 28.2. The summed E-state index contributed by atoms with van der Waals surface area (Å²) in [5.41, 5.74) is 3.35. The maximum atomic E-state index is 9.06. The summed E-state index contributed by atoms with van der Waals surface area (Å²) in [6.45, 7) is 0. The summed E-state index contributed by atoms with van der Waals surface area (Å²) < 4.78 is 4.22. The van der Waals surface area contributed by atoms with Gasteiger partial charge in [-0.3, -0.25) is 0 Å². The highest BCUT2D eigenvalue weighted by Gasteiger charge is 2.18. The number of hydrogen-bond donors (Lipinski definition) is 0. The van der Waals surface area contributed by atoms with Crippen molar-refractivity contribution >= 4 is 32.3 Å². The minimum Gasteiger partial charge on any atom is -0.192 e. The standard InChI is InChI=1S/C28H16N4/c29-13-19-1-9-25(10-2-19)31-15-21-5-7-23-17-32(26-11-3-20(14-30)4-12-26)18-24-8-6-22(16-31)27(21)28(23)24/h1-12,15-18H/q+2. The molecule has 0 aliphatic rings. The van der Waals surface area contributed by atoms with Crippen LogP contribution in [-0.2, 0) is 0 Å². The molecule has 0 amide bonds. The molecule has 146 valence electrons. The van der Waals surface area contributed by atoms with Gasteiger partial charge in [-0.25, -0.2) is 0 Å². The van der Waals surface area contributed by atoms with E-state index in [1.807, 2.05) is 48.5 Å². The van der Waals surface area contributed by atoms with Crippen LogP contribution in [0.15, 0.2) is 97.6 Å². The highest BCUT2D eigenvalue weighted by atomic mass is 14.9. The first-order valence-corrected chi connectivity index (χ1v) is 10.3. The van der Waals surface area contributed by atoms with Gasteiger partial charge in [0.15, 0.2) is 24.8 Å². The van der Waals surface area contributed by atoms with Crippen molar-refractivity contribution in [3.05, 3.63) is 109 Å². The molecule has 32 heavy (non-hydrogen) atoms. The number of rotatable bonds is 2. The van der Waals surface area contributed by atoms with Crippen LogP contribution < -0.4 is 9.13 Å². The minimum absolute atomic E-state index is 0.655. The van der Waals surface area contributed by atoms with Crippen LogP contribution in [0.3, 0.4) is 0 Å². The van der Waals surface area contributed by atoms with Gasteiger partial charge in [-0.05, 0) is 48.5 Å². The number of benzene rings is 4. The SMILES string of the molecule is N#Cc1ccc(-[n+]2cc3ccc4c[n+](-c5ccc(C#N)cc5)cc5ccc(c2)c3c45)cc1. The highest BCUT2D eigenvalue weighted by molar-refractivity contribution is 6.21. The Morgan fingerprint density at radius 2 is 0.750 bits per heavy atom. The van der Waals surface area contributed by atoms with Gasteiger partial charge in [-0.15, -0.1) is 0 Å². The molecule has 2 aromatic heterocycles. The molecule has 0 fully saturated rings. The summed E-state index contributed by atoms with van der Waals surface area (Å²) in [6.07, 6.45) is 8.57. The van der Waals surface area contributed by atoms with Gasteiger partial charge < -0.3 is 0 Å². The molecule has 0 aliphatic carbocycles. The smallest absolute Gasteiger partial charge is 0.192 e. The largest absolute Gasteiger partial charge is 0.210 e. The Labute approximate surface area is 184 Å². The average molecular weight is 408 g/mol. The van der Waals surface area contributed by atoms with Crippen LogP contribution in [-0.4, -0.2) is 0 Å². The first-order valence-electron chi connectivity index (χ1n) is 10.3. The van der Waals surface area contributed by atoms with Gasteiger partial charge in [0.25, 0.3) is 0 Å². The van der Waals surface area contributed by atoms with E-state index in [2.05, 4.69) is 70.3 Å². The Kier molecular flexibility index (Phi) is 3.87. The lowest BCUT2D eigenvalue weighted by Gasteiger charge is -2.09. The molecule has 0 aliphatic heterocycles. The second-order valence-electron chi connectivity index (χ2n) is 7.89. The number of pyridine rings is 2. The van der Waals surface area contributed by atoms with Crippen LogP contribution in [0.5, 0.6) is 0 Å². The maximum absolute atomic E-state index is 9.06. The molecular weight excluding hydrogens is 392 g/mol. The molecule has 0 atom stereocenters. The molecule has 0 radical (unpaired) electrons. The van der Waals surface area contributed by atoms with E-state index in [-0.39, 0.29) is 0 Å². The van der Waals surface area contributed by atoms with Gasteiger partial charge in [0.2, 0.25) is 11.4 Å². The van der Waals surface area contributed by atoms with Crippen LogP contribution >= 0.6 is 0 Å². The van der Waals surface area contributed by atoms with Crippen LogP contribution in [0.25, 0.3) is 43.7 Å². The lowest BCUT2D eigenvalue weighted by Crippen LogP contribution is -2.30. The van der Waals surface area contributed by atoms with Crippen molar-refractivity contribution in [3.8, 4) is 23.5 Å². The molecule has 0 spiro atoms. The van der Waals surface area contributed by atoms with Crippen LogP contribution in [0.1, 0.15) is 11.1 Å². The summed E-state index contributed by atoms with van der Waals surface area (Å²) >= 11 is 0. The van der Waals surface area contributed by atoms with E-state index in [0.717, 1.165) is 11.4 Å². The summed E-state index contributed by atoms with van der Waals surface area (Å²) in [5, 5.41) is 25.3. The Morgan fingerprint density at radius 1 is 0.438 bits per heavy atom. The lowest BCUT2D eigenvalue weighted by atomic mass is 9.97. The summed E-state index contributed by atoms with van der Waals surface area (Å²) in [7, 11) is 0. The Morgan fingerprint density at radius 3 is 1.03 bits per heavy atom. The molecule has 2 heterocycles. The van der Waals surface area contributed by atoms with Gasteiger partial charge in [0, 0.05) is 56.6 Å². The van der Waals surface area contributed by atoms with Gasteiger partial charge in [0.05, 0.1) is 23.3 Å². The summed E-state index contributed by atoms with van der Waals surface area (Å²) in [4.78, 5) is 0. The molecule has 4 aromatic carbocycles. The van der Waals surface area contributed by atoms with Crippen molar-refractivity contribution in [2.75, 3.05) is 0 Å². The van der Waals surface area contributed by atoms with Crippen LogP contribution in [0.4, 0.5) is 0 Å². The molecule has 0 bridgehead atoms. The zero-order chi connectivity index (χ0) is 21.7. The molecule has 0 N–H and O–H groups in total. The van der Waals surface area contributed by atoms with Crippen molar-refractivity contribution in [2.45, 2.75) is 0 Å². The maximum Gasteiger partial charge on any atom is 0.210 e.